The van der Waals surface area contributed by atoms with E-state index in [9.17, 15) is 9.59 Å². The Kier molecular flexibility index (Phi) is 4.67. The second kappa shape index (κ2) is 5.84. The van der Waals surface area contributed by atoms with Crippen LogP contribution in [0.2, 0.25) is 0 Å². The molecule has 0 aliphatic rings. The van der Waals surface area contributed by atoms with Gasteiger partial charge in [0.25, 0.3) is 5.91 Å². The van der Waals surface area contributed by atoms with E-state index in [0.717, 1.165) is 0 Å². The van der Waals surface area contributed by atoms with Crippen molar-refractivity contribution in [1.29, 1.82) is 0 Å². The fourth-order valence-corrected chi connectivity index (χ4v) is 1.38. The first-order chi connectivity index (χ1) is 8.72. The fraction of sp³-hybridized carbons (Fsp3) is 0.429. The van der Waals surface area contributed by atoms with Crippen molar-refractivity contribution >= 4 is 17.5 Å². The summed E-state index contributed by atoms with van der Waals surface area (Å²) in [6.07, 6.45) is 0. The number of hydroxylamine groups is 1. The van der Waals surface area contributed by atoms with Crippen LogP contribution >= 0.6 is 0 Å². The molecule has 0 saturated carbocycles. The Morgan fingerprint density at radius 3 is 2.32 bits per heavy atom. The highest BCUT2D eigenvalue weighted by Crippen LogP contribution is 2.19. The summed E-state index contributed by atoms with van der Waals surface area (Å²) in [6.45, 7) is 6.95. The van der Waals surface area contributed by atoms with Crippen molar-refractivity contribution < 1.29 is 14.4 Å². The summed E-state index contributed by atoms with van der Waals surface area (Å²) in [6, 6.07) is 6.88. The standard InChI is InChI=1S/C14H20N2O3/c1-10(17)16(5)12-9-7-6-8-11(12)13(18)15-19-14(2,3)4/h6-9H,1-5H3,(H,15,18). The maximum absolute atomic E-state index is 12.1. The first kappa shape index (κ1) is 15.2. The maximum Gasteiger partial charge on any atom is 0.276 e. The summed E-state index contributed by atoms with van der Waals surface area (Å²) in [7, 11) is 1.62. The number of benzene rings is 1. The molecule has 1 aromatic carbocycles. The van der Waals surface area contributed by atoms with Crippen molar-refractivity contribution in [2.24, 2.45) is 0 Å². The number of nitrogens with one attached hydrogen (secondary N) is 1. The minimum atomic E-state index is -0.475. The lowest BCUT2D eigenvalue weighted by molar-refractivity contribution is -0.116. The van der Waals surface area contributed by atoms with Crippen molar-refractivity contribution in [2.75, 3.05) is 11.9 Å². The van der Waals surface area contributed by atoms with E-state index in [1.165, 1.54) is 11.8 Å². The zero-order valence-electron chi connectivity index (χ0n) is 12.0. The topological polar surface area (TPSA) is 58.6 Å². The molecule has 0 atom stereocenters. The summed E-state index contributed by atoms with van der Waals surface area (Å²) in [5.41, 5.74) is 2.86. The molecule has 0 aromatic heterocycles. The van der Waals surface area contributed by atoms with E-state index in [4.69, 9.17) is 4.84 Å². The molecular weight excluding hydrogens is 244 g/mol. The van der Waals surface area contributed by atoms with Crippen LogP contribution in [0.1, 0.15) is 38.1 Å². The Balaban J connectivity index is 2.94. The number of carbonyl (C=O) groups excluding carboxylic acids is 2. The molecule has 104 valence electrons. The predicted octanol–water partition coefficient (Wildman–Crippen LogP) is 2.13. The highest BCUT2D eigenvalue weighted by molar-refractivity contribution is 6.03. The van der Waals surface area contributed by atoms with Gasteiger partial charge in [-0.3, -0.25) is 14.4 Å². The average Bonchev–Trinajstić information content (AvgIpc) is 2.34. The Morgan fingerprint density at radius 1 is 1.21 bits per heavy atom. The van der Waals surface area contributed by atoms with E-state index in [0.29, 0.717) is 11.3 Å². The summed E-state index contributed by atoms with van der Waals surface area (Å²) in [4.78, 5) is 30.1. The highest BCUT2D eigenvalue weighted by atomic mass is 16.7. The van der Waals surface area contributed by atoms with Crippen LogP contribution in [0.3, 0.4) is 0 Å². The van der Waals surface area contributed by atoms with Crippen molar-refractivity contribution in [3.63, 3.8) is 0 Å². The van der Waals surface area contributed by atoms with Crippen molar-refractivity contribution in [3.8, 4) is 0 Å². The van der Waals surface area contributed by atoms with Gasteiger partial charge in [0, 0.05) is 14.0 Å². The molecule has 1 aromatic rings. The van der Waals surface area contributed by atoms with Crippen molar-refractivity contribution in [2.45, 2.75) is 33.3 Å². The van der Waals surface area contributed by atoms with Gasteiger partial charge < -0.3 is 4.90 Å². The van der Waals surface area contributed by atoms with Crippen molar-refractivity contribution in [1.82, 2.24) is 5.48 Å². The Hall–Kier alpha value is -1.88. The Labute approximate surface area is 113 Å². The van der Waals surface area contributed by atoms with Crippen LogP contribution in [0.25, 0.3) is 0 Å². The molecule has 2 amide bonds. The van der Waals surface area contributed by atoms with Crippen LogP contribution in [-0.4, -0.2) is 24.5 Å². The number of hydrogen-bond donors (Lipinski definition) is 1. The van der Waals surface area contributed by atoms with Crippen LogP contribution < -0.4 is 10.4 Å². The molecular formula is C14H20N2O3. The molecule has 0 fully saturated rings. The second-order valence-corrected chi connectivity index (χ2v) is 5.24. The lowest BCUT2D eigenvalue weighted by atomic mass is 10.1. The number of para-hydroxylation sites is 1. The van der Waals surface area contributed by atoms with E-state index < -0.39 is 5.60 Å². The molecule has 0 spiro atoms. The van der Waals surface area contributed by atoms with Gasteiger partial charge >= 0.3 is 0 Å². The van der Waals surface area contributed by atoms with Gasteiger partial charge in [-0.25, -0.2) is 5.48 Å². The van der Waals surface area contributed by atoms with Gasteiger partial charge in [-0.15, -0.1) is 0 Å². The second-order valence-electron chi connectivity index (χ2n) is 5.24. The van der Waals surface area contributed by atoms with E-state index in [-0.39, 0.29) is 11.8 Å². The first-order valence-corrected chi connectivity index (χ1v) is 6.04. The zero-order valence-corrected chi connectivity index (χ0v) is 12.0. The fourth-order valence-electron chi connectivity index (χ4n) is 1.38. The molecule has 1 rings (SSSR count). The predicted molar refractivity (Wildman–Crippen MR) is 73.8 cm³/mol. The number of anilines is 1. The molecule has 5 nitrogen and oxygen atoms in total. The molecule has 0 aliphatic heterocycles. The quantitative estimate of drug-likeness (QED) is 0.851. The van der Waals surface area contributed by atoms with Crippen LogP contribution in [0.15, 0.2) is 24.3 Å². The van der Waals surface area contributed by atoms with Gasteiger partial charge in [0.05, 0.1) is 16.9 Å². The molecule has 5 heteroatoms. The lowest BCUT2D eigenvalue weighted by Crippen LogP contribution is -2.35. The monoisotopic (exact) mass is 264 g/mol. The van der Waals surface area contributed by atoms with Crippen molar-refractivity contribution in [3.05, 3.63) is 29.8 Å². The molecule has 1 N–H and O–H groups in total. The number of carbonyl (C=O) groups is 2. The molecule has 0 bridgehead atoms. The van der Waals surface area contributed by atoms with Gasteiger partial charge in [-0.05, 0) is 32.9 Å². The van der Waals surface area contributed by atoms with Gasteiger partial charge in [0.2, 0.25) is 5.91 Å². The molecule has 0 aliphatic carbocycles. The van der Waals surface area contributed by atoms with Gasteiger partial charge in [-0.2, -0.15) is 0 Å². The van der Waals surface area contributed by atoms with Crippen LogP contribution in [0.5, 0.6) is 0 Å². The Morgan fingerprint density at radius 2 is 1.79 bits per heavy atom. The summed E-state index contributed by atoms with van der Waals surface area (Å²) in [5.74, 6) is -0.518. The van der Waals surface area contributed by atoms with E-state index in [2.05, 4.69) is 5.48 Å². The van der Waals surface area contributed by atoms with Crippen LogP contribution in [0, 0.1) is 0 Å². The zero-order chi connectivity index (χ0) is 14.6. The normalized spacial score (nSPS) is 11.0. The number of nitrogens with zero attached hydrogens (tertiary/aromatic N) is 1. The number of amides is 2. The van der Waals surface area contributed by atoms with Gasteiger partial charge in [-0.1, -0.05) is 12.1 Å². The molecule has 0 unspecified atom stereocenters. The lowest BCUT2D eigenvalue weighted by Gasteiger charge is -2.21. The average molecular weight is 264 g/mol. The van der Waals surface area contributed by atoms with E-state index in [1.54, 1.807) is 31.3 Å². The molecule has 0 radical (unpaired) electrons. The van der Waals surface area contributed by atoms with E-state index in [1.807, 2.05) is 20.8 Å². The van der Waals surface area contributed by atoms with Crippen LogP contribution in [0.4, 0.5) is 5.69 Å². The third kappa shape index (κ3) is 4.37. The molecule has 0 saturated heterocycles. The van der Waals surface area contributed by atoms with E-state index >= 15 is 0 Å². The SMILES string of the molecule is CC(=O)N(C)c1ccccc1C(=O)NOC(C)(C)C. The molecule has 19 heavy (non-hydrogen) atoms. The maximum atomic E-state index is 12.1. The number of hydrogen-bond acceptors (Lipinski definition) is 3. The number of rotatable bonds is 3. The molecule has 0 heterocycles. The minimum Gasteiger partial charge on any atom is -0.315 e. The highest BCUT2D eigenvalue weighted by Gasteiger charge is 2.18. The van der Waals surface area contributed by atoms with Gasteiger partial charge in [0.1, 0.15) is 0 Å². The third-order valence-electron chi connectivity index (χ3n) is 2.43. The third-order valence-corrected chi connectivity index (χ3v) is 2.43. The van der Waals surface area contributed by atoms with Gasteiger partial charge in [0.15, 0.2) is 0 Å². The first-order valence-electron chi connectivity index (χ1n) is 6.04. The van der Waals surface area contributed by atoms with Crippen LogP contribution in [-0.2, 0) is 9.63 Å². The smallest absolute Gasteiger partial charge is 0.276 e. The summed E-state index contributed by atoms with van der Waals surface area (Å²) < 4.78 is 0. The summed E-state index contributed by atoms with van der Waals surface area (Å²) >= 11 is 0. The Bertz CT molecular complexity index is 478. The minimum absolute atomic E-state index is 0.142. The largest absolute Gasteiger partial charge is 0.315 e. The summed E-state index contributed by atoms with van der Waals surface area (Å²) in [5, 5.41) is 0.